The fourth-order valence-corrected chi connectivity index (χ4v) is 4.44. The summed E-state index contributed by atoms with van der Waals surface area (Å²) in [6, 6.07) is 0.529. The van der Waals surface area contributed by atoms with E-state index < -0.39 is 0 Å². The van der Waals surface area contributed by atoms with Gasteiger partial charge in [-0.1, -0.05) is 45.3 Å². The normalized spacial score (nSPS) is 42.6. The highest BCUT2D eigenvalue weighted by Crippen LogP contribution is 2.55. The quantitative estimate of drug-likeness (QED) is 0.610. The van der Waals surface area contributed by atoms with E-state index in [1.165, 1.54) is 37.7 Å². The molecule has 2 aliphatic carbocycles. The van der Waals surface area contributed by atoms with Gasteiger partial charge in [-0.2, -0.15) is 7.05 Å². The Kier molecular flexibility index (Phi) is 3.68. The molecule has 0 bridgehead atoms. The van der Waals surface area contributed by atoms with Crippen molar-refractivity contribution in [1.29, 1.82) is 0 Å². The number of hydrogen-bond acceptors (Lipinski definition) is 0. The van der Waals surface area contributed by atoms with Gasteiger partial charge in [0.15, 0.2) is 0 Å². The van der Waals surface area contributed by atoms with E-state index in [4.69, 9.17) is 5.32 Å². The van der Waals surface area contributed by atoms with Gasteiger partial charge in [0, 0.05) is 0 Å². The molecule has 0 N–H and O–H groups in total. The van der Waals surface area contributed by atoms with Crippen LogP contribution in [0.2, 0.25) is 0 Å². The molecule has 0 unspecified atom stereocenters. The van der Waals surface area contributed by atoms with Crippen LogP contribution in [-0.2, 0) is 0 Å². The summed E-state index contributed by atoms with van der Waals surface area (Å²) >= 11 is 0. The first kappa shape index (κ1) is 13.1. The molecule has 2 saturated carbocycles. The summed E-state index contributed by atoms with van der Waals surface area (Å²) < 4.78 is 0. The second-order valence-corrected chi connectivity index (χ2v) is 6.84. The van der Waals surface area contributed by atoms with Crippen molar-refractivity contribution in [2.75, 3.05) is 7.05 Å². The lowest BCUT2D eigenvalue weighted by Gasteiger charge is -2.59. The predicted molar refractivity (Wildman–Crippen MR) is 75.2 cm³/mol. The highest BCUT2D eigenvalue weighted by atomic mass is 14.9. The zero-order chi connectivity index (χ0) is 12.6. The van der Waals surface area contributed by atoms with Crippen LogP contribution >= 0.6 is 0 Å². The number of hydrogen-bond donors (Lipinski definition) is 0. The van der Waals surface area contributed by atoms with E-state index in [-0.39, 0.29) is 0 Å². The maximum atomic E-state index is 4.77. The lowest BCUT2D eigenvalue weighted by atomic mass is 9.53. The molecule has 1 nitrogen and oxygen atoms in total. The molecule has 0 saturated heterocycles. The fraction of sp³-hybridized carbons (Fsp3) is 0.875. The molecule has 0 spiro atoms. The standard InChI is InChI=1S/C16H28N/c1-11(2)13-8-10-16(4)9-6-7-12(3)14(16)15(13)17-5/h11,13-15H,3,6-10H2,1-2,4-5H3/q-1/t13-,14+,15-,16-/m0/s1. The Morgan fingerprint density at radius 3 is 2.65 bits per heavy atom. The Bertz CT molecular complexity index is 294. The number of fused-ring (bicyclic) bond motifs is 1. The van der Waals surface area contributed by atoms with Gasteiger partial charge in [-0.15, -0.1) is 6.04 Å². The number of rotatable bonds is 2. The average molecular weight is 234 g/mol. The van der Waals surface area contributed by atoms with E-state index in [0.29, 0.717) is 17.4 Å². The van der Waals surface area contributed by atoms with Crippen LogP contribution in [0.15, 0.2) is 12.2 Å². The van der Waals surface area contributed by atoms with Crippen LogP contribution in [0.5, 0.6) is 0 Å². The Labute approximate surface area is 107 Å². The van der Waals surface area contributed by atoms with Crippen LogP contribution in [0, 0.1) is 23.2 Å². The summed E-state index contributed by atoms with van der Waals surface area (Å²) in [5, 5.41) is 4.77. The summed E-state index contributed by atoms with van der Waals surface area (Å²) in [6.07, 6.45) is 6.70. The van der Waals surface area contributed by atoms with Gasteiger partial charge in [0.05, 0.1) is 0 Å². The van der Waals surface area contributed by atoms with Crippen molar-refractivity contribution in [1.82, 2.24) is 0 Å². The molecule has 17 heavy (non-hydrogen) atoms. The van der Waals surface area contributed by atoms with Gasteiger partial charge in [-0.05, 0) is 42.9 Å². The minimum Gasteiger partial charge on any atom is -0.662 e. The van der Waals surface area contributed by atoms with Crippen molar-refractivity contribution in [2.24, 2.45) is 23.2 Å². The van der Waals surface area contributed by atoms with Crippen LogP contribution in [0.3, 0.4) is 0 Å². The van der Waals surface area contributed by atoms with Crippen molar-refractivity contribution in [3.05, 3.63) is 17.5 Å². The van der Waals surface area contributed by atoms with E-state index in [1.54, 1.807) is 0 Å². The molecule has 0 heterocycles. The maximum Gasteiger partial charge on any atom is -0.0274 e. The molecule has 4 atom stereocenters. The SMILES string of the molecule is C=C1CCC[C@@]2(C)CC[C@@H](C(C)C)[C@H]([N-]C)[C@@H]12. The molecule has 2 rings (SSSR count). The first-order chi connectivity index (χ1) is 7.99. The zero-order valence-electron chi connectivity index (χ0n) is 12.0. The summed E-state index contributed by atoms with van der Waals surface area (Å²) in [5.41, 5.74) is 1.98. The summed E-state index contributed by atoms with van der Waals surface area (Å²) in [5.74, 6) is 2.18. The van der Waals surface area contributed by atoms with Crippen molar-refractivity contribution in [3.63, 3.8) is 0 Å². The molecule has 0 aliphatic heterocycles. The monoisotopic (exact) mass is 234 g/mol. The van der Waals surface area contributed by atoms with Crippen molar-refractivity contribution in [3.8, 4) is 0 Å². The molecule has 98 valence electrons. The van der Waals surface area contributed by atoms with Crippen LogP contribution in [0.25, 0.3) is 5.32 Å². The molecular weight excluding hydrogens is 206 g/mol. The van der Waals surface area contributed by atoms with E-state index in [0.717, 1.165) is 11.8 Å². The third-order valence-corrected chi connectivity index (χ3v) is 5.42. The van der Waals surface area contributed by atoms with Crippen molar-refractivity contribution < 1.29 is 0 Å². The van der Waals surface area contributed by atoms with Crippen molar-refractivity contribution >= 4 is 0 Å². The minimum absolute atomic E-state index is 0.491. The summed E-state index contributed by atoms with van der Waals surface area (Å²) in [7, 11) is 2.02. The van der Waals surface area contributed by atoms with E-state index >= 15 is 0 Å². The highest BCUT2D eigenvalue weighted by molar-refractivity contribution is 5.20. The van der Waals surface area contributed by atoms with Crippen LogP contribution in [0.1, 0.15) is 52.9 Å². The van der Waals surface area contributed by atoms with Gasteiger partial charge in [-0.25, -0.2) is 0 Å². The summed E-state index contributed by atoms with van der Waals surface area (Å²) in [6.45, 7) is 11.6. The molecule has 0 aromatic heterocycles. The van der Waals surface area contributed by atoms with Gasteiger partial charge < -0.3 is 5.32 Å². The third kappa shape index (κ3) is 2.19. The van der Waals surface area contributed by atoms with E-state index in [9.17, 15) is 0 Å². The van der Waals surface area contributed by atoms with Gasteiger partial charge in [0.1, 0.15) is 0 Å². The third-order valence-electron chi connectivity index (χ3n) is 5.42. The Morgan fingerprint density at radius 2 is 2.06 bits per heavy atom. The molecule has 0 amide bonds. The Hall–Kier alpha value is -0.300. The number of nitrogens with zero attached hydrogens (tertiary/aromatic N) is 1. The van der Waals surface area contributed by atoms with E-state index in [2.05, 4.69) is 27.4 Å². The molecule has 0 aromatic rings. The van der Waals surface area contributed by atoms with Gasteiger partial charge in [-0.3, -0.25) is 0 Å². The Balaban J connectivity index is 2.28. The predicted octanol–water partition coefficient (Wildman–Crippen LogP) is 4.79. The van der Waals surface area contributed by atoms with Crippen LogP contribution < -0.4 is 0 Å². The van der Waals surface area contributed by atoms with Gasteiger partial charge in [0.2, 0.25) is 0 Å². The lowest BCUT2D eigenvalue weighted by Crippen LogP contribution is -2.48. The van der Waals surface area contributed by atoms with Gasteiger partial charge in [0.25, 0.3) is 0 Å². The first-order valence-electron chi connectivity index (χ1n) is 7.26. The Morgan fingerprint density at radius 1 is 1.35 bits per heavy atom. The van der Waals surface area contributed by atoms with Crippen molar-refractivity contribution in [2.45, 2.75) is 58.9 Å². The van der Waals surface area contributed by atoms with Gasteiger partial charge >= 0.3 is 0 Å². The lowest BCUT2D eigenvalue weighted by molar-refractivity contribution is 0.0482. The molecular formula is C16H28N-. The second-order valence-electron chi connectivity index (χ2n) is 6.84. The molecule has 0 radical (unpaired) electrons. The smallest absolute Gasteiger partial charge is 0.0274 e. The molecule has 1 heteroatoms. The zero-order valence-corrected chi connectivity index (χ0v) is 12.0. The first-order valence-corrected chi connectivity index (χ1v) is 7.26. The van der Waals surface area contributed by atoms with Crippen LogP contribution in [-0.4, -0.2) is 13.1 Å². The van der Waals surface area contributed by atoms with E-state index in [1.807, 2.05) is 7.05 Å². The topological polar surface area (TPSA) is 14.1 Å². The summed E-state index contributed by atoms with van der Waals surface area (Å²) in [4.78, 5) is 0. The van der Waals surface area contributed by atoms with Crippen LogP contribution in [0.4, 0.5) is 0 Å². The average Bonchev–Trinajstić information content (AvgIpc) is 2.26. The highest BCUT2D eigenvalue weighted by Gasteiger charge is 2.45. The molecule has 0 aromatic carbocycles. The fourth-order valence-electron chi connectivity index (χ4n) is 4.44. The largest absolute Gasteiger partial charge is 0.662 e. The molecule has 2 fully saturated rings. The maximum absolute atomic E-state index is 4.77. The second kappa shape index (κ2) is 4.76. The molecule has 2 aliphatic rings. The minimum atomic E-state index is 0.491.